The van der Waals surface area contributed by atoms with Gasteiger partial charge in [-0.3, -0.25) is 0 Å². The molecule has 6 aromatic carbocycles. The molecule has 0 heterocycles. The molecule has 368 valence electrons. The molecule has 0 bridgehead atoms. The second-order valence-corrected chi connectivity index (χ2v) is 26.7. The zero-order chi connectivity index (χ0) is 45.7. The molecule has 0 aromatic heterocycles. The summed E-state index contributed by atoms with van der Waals surface area (Å²) >= 11 is -2.43. The number of alkyl carbamates (subject to hydrolysis) is 2. The van der Waals surface area contributed by atoms with Crippen LogP contribution in [0.4, 0.5) is 9.59 Å². The molecule has 4 atom stereocenters. The monoisotopic (exact) mass is 1110 g/mol. The van der Waals surface area contributed by atoms with Crippen LogP contribution in [0.25, 0.3) is 0 Å². The van der Waals surface area contributed by atoms with Crippen LogP contribution in [0.15, 0.2) is 182 Å². The van der Waals surface area contributed by atoms with Crippen LogP contribution in [0.3, 0.4) is 0 Å². The van der Waals surface area contributed by atoms with Gasteiger partial charge in [0.2, 0.25) is 0 Å². The van der Waals surface area contributed by atoms with E-state index in [1.165, 1.54) is 0 Å². The summed E-state index contributed by atoms with van der Waals surface area (Å²) in [5, 5.41) is 5.62. The molecule has 0 saturated carbocycles. The SMILES string of the molecule is C[CH](CC(NC(=O)OCc1ccccc1)P(=O)(Oc1ccccc1)Oc1ccccc1)[Ge][O][Ge][CH](C)CC(NC(=O)OCc1ccccc1)P(=O)(Oc1ccccc1)Oc1ccccc1.O.O.O.O. The quantitative estimate of drug-likeness (QED) is 0.0428. The molecule has 6 rings (SSSR count). The molecule has 0 saturated heterocycles. The van der Waals surface area contributed by atoms with Crippen LogP contribution in [0.1, 0.15) is 37.8 Å². The number of rotatable bonds is 24. The van der Waals surface area contributed by atoms with Gasteiger partial charge < -0.3 is 21.9 Å². The fraction of sp³-hybridized carbons (Fsp3) is 0.208. The average molecular weight is 1110 g/mol. The summed E-state index contributed by atoms with van der Waals surface area (Å²) in [5.74, 6) is -1.08. The predicted molar refractivity (Wildman–Crippen MR) is 266 cm³/mol. The Hall–Kier alpha value is -5.59. The Balaban J connectivity index is 0.00000408. The first-order valence-electron chi connectivity index (χ1n) is 20.8. The van der Waals surface area contributed by atoms with Crippen molar-refractivity contribution in [2.45, 2.75) is 61.0 Å². The summed E-state index contributed by atoms with van der Waals surface area (Å²) in [6, 6.07) is 53.0. The Morgan fingerprint density at radius 1 is 0.435 bits per heavy atom. The van der Waals surface area contributed by atoms with Crippen molar-refractivity contribution in [3.05, 3.63) is 193 Å². The first kappa shape index (κ1) is 59.5. The summed E-state index contributed by atoms with van der Waals surface area (Å²) in [6.45, 7) is 3.91. The zero-order valence-electron chi connectivity index (χ0n) is 37.8. The molecule has 0 aliphatic carbocycles. The number of amides is 2. The summed E-state index contributed by atoms with van der Waals surface area (Å²) in [4.78, 5) is 26.8. The smallest absolute Gasteiger partial charge is 0.412 e. The van der Waals surface area contributed by atoms with E-state index in [2.05, 4.69) is 10.6 Å². The largest absolute Gasteiger partial charge is 0.412 e. The summed E-state index contributed by atoms with van der Waals surface area (Å²) in [7, 11) is -8.42. The van der Waals surface area contributed by atoms with Crippen molar-refractivity contribution in [3.63, 3.8) is 0 Å². The fourth-order valence-electron chi connectivity index (χ4n) is 6.14. The van der Waals surface area contributed by atoms with E-state index in [0.717, 1.165) is 11.1 Å². The van der Waals surface area contributed by atoms with E-state index in [1.54, 1.807) is 97.1 Å². The first-order valence-corrected chi connectivity index (χ1v) is 28.2. The van der Waals surface area contributed by atoms with Gasteiger partial charge in [-0.15, -0.1) is 0 Å². The molecule has 4 radical (unpaired) electrons. The van der Waals surface area contributed by atoms with E-state index in [9.17, 15) is 9.59 Å². The molecular formula is C48H58Ge2N2O15P2. The topological polar surface area (TPSA) is 283 Å². The fourth-order valence-corrected chi connectivity index (χ4v) is 18.4. The Labute approximate surface area is 415 Å². The van der Waals surface area contributed by atoms with E-state index in [4.69, 9.17) is 30.4 Å². The standard InChI is InChI=1S/C48H50Ge2N2O11P2.4H2O/c1-37(33-45(51-47(53)57-35-39-21-9-3-10-22-39)64(55,59-41-25-13-5-14-26-41)60-42-27-15-6-16-28-42)49-63-50-38(2)34-46(52-48(54)58-36-40-23-11-4-12-24-40)65(56,61-43-29-17-7-18-30-43)62-44-31-19-8-20-32-44;;;;/h3-32,37-38,45-46H,33-36H2,1-2H3,(H,51,53)(H,52,54);4*1H2. The molecular weight excluding hydrogens is 1050 g/mol. The number of benzene rings is 6. The van der Waals surface area contributed by atoms with Gasteiger partial charge >= 0.3 is 396 Å². The van der Waals surface area contributed by atoms with Gasteiger partial charge in [0.25, 0.3) is 0 Å². The van der Waals surface area contributed by atoms with Crippen molar-refractivity contribution >= 4 is 58.9 Å². The van der Waals surface area contributed by atoms with Crippen molar-refractivity contribution in [3.8, 4) is 23.0 Å². The van der Waals surface area contributed by atoms with Crippen LogP contribution < -0.4 is 28.7 Å². The van der Waals surface area contributed by atoms with Gasteiger partial charge in [-0.25, -0.2) is 0 Å². The minimum atomic E-state index is -4.21. The summed E-state index contributed by atoms with van der Waals surface area (Å²) in [6.07, 6.45) is -1.24. The molecule has 0 aliphatic rings. The third kappa shape index (κ3) is 20.1. The number of carbonyl (C=O) groups excluding carboxylic acids is 2. The van der Waals surface area contributed by atoms with E-state index < -0.39 is 70.5 Å². The number of hydrogen-bond donors (Lipinski definition) is 2. The second kappa shape index (κ2) is 30.8. The average Bonchev–Trinajstić information content (AvgIpc) is 3.31. The Kier molecular flexibility index (Phi) is 26.6. The van der Waals surface area contributed by atoms with Crippen molar-refractivity contribution in [1.29, 1.82) is 0 Å². The predicted octanol–water partition coefficient (Wildman–Crippen LogP) is 8.55. The maximum atomic E-state index is 15.0. The van der Waals surface area contributed by atoms with E-state index >= 15 is 9.13 Å². The van der Waals surface area contributed by atoms with Gasteiger partial charge in [0.1, 0.15) is 0 Å². The molecule has 0 spiro atoms. The van der Waals surface area contributed by atoms with Crippen molar-refractivity contribution in [2.75, 3.05) is 0 Å². The molecule has 17 nitrogen and oxygen atoms in total. The molecule has 2 amide bonds. The minimum absolute atomic E-state index is 0. The van der Waals surface area contributed by atoms with Gasteiger partial charge in [0.15, 0.2) is 0 Å². The van der Waals surface area contributed by atoms with E-state index in [0.29, 0.717) is 23.0 Å². The molecule has 69 heavy (non-hydrogen) atoms. The van der Waals surface area contributed by atoms with Crippen LogP contribution in [-0.2, 0) is 34.6 Å². The summed E-state index contributed by atoms with van der Waals surface area (Å²) < 4.78 is 72.0. The molecule has 6 aromatic rings. The van der Waals surface area contributed by atoms with Crippen molar-refractivity contribution in [2.24, 2.45) is 0 Å². The Morgan fingerprint density at radius 3 is 0.942 bits per heavy atom. The van der Waals surface area contributed by atoms with Gasteiger partial charge in [-0.05, 0) is 0 Å². The number of nitrogens with one attached hydrogen (secondary N) is 2. The molecule has 0 aliphatic heterocycles. The molecule has 10 N–H and O–H groups in total. The van der Waals surface area contributed by atoms with Crippen molar-refractivity contribution < 1.29 is 71.0 Å². The number of hydrogen-bond acceptors (Lipinski definition) is 11. The third-order valence-corrected chi connectivity index (χ3v) is 19.1. The van der Waals surface area contributed by atoms with Gasteiger partial charge in [0, 0.05) is 0 Å². The first-order chi connectivity index (χ1) is 31.5. The van der Waals surface area contributed by atoms with Gasteiger partial charge in [0.05, 0.1) is 0 Å². The third-order valence-electron chi connectivity index (χ3n) is 9.34. The van der Waals surface area contributed by atoms with Gasteiger partial charge in [-0.2, -0.15) is 0 Å². The van der Waals surface area contributed by atoms with Gasteiger partial charge in [-0.1, -0.05) is 0 Å². The van der Waals surface area contributed by atoms with E-state index in [-0.39, 0.29) is 57.5 Å². The van der Waals surface area contributed by atoms with Crippen molar-refractivity contribution in [1.82, 2.24) is 10.6 Å². The van der Waals surface area contributed by atoms with Crippen LogP contribution >= 0.6 is 15.2 Å². The minimum Gasteiger partial charge on any atom is -0.412 e. The molecule has 0 fully saturated rings. The van der Waals surface area contributed by atoms with Crippen LogP contribution in [0, 0.1) is 0 Å². The normalized spacial score (nSPS) is 12.4. The van der Waals surface area contributed by atoms with Crippen LogP contribution in [0.2, 0.25) is 9.50 Å². The molecule has 4 unspecified atom stereocenters. The number of para-hydroxylation sites is 4. The van der Waals surface area contributed by atoms with Crippen LogP contribution in [-0.4, -0.2) is 77.2 Å². The van der Waals surface area contributed by atoms with Crippen LogP contribution in [0.5, 0.6) is 23.0 Å². The Morgan fingerprint density at radius 2 is 0.681 bits per heavy atom. The molecule has 21 heteroatoms. The Bertz CT molecular complexity index is 2180. The summed E-state index contributed by atoms with van der Waals surface area (Å²) in [5.41, 5.74) is 1.57. The second-order valence-electron chi connectivity index (χ2n) is 14.8. The maximum Gasteiger partial charge on any atom is -0.412 e. The van der Waals surface area contributed by atoms with E-state index in [1.807, 2.05) is 98.8 Å². The maximum absolute atomic E-state index is 15.0. The number of carbonyl (C=O) groups is 2. The zero-order valence-corrected chi connectivity index (χ0v) is 43.8. The number of ether oxygens (including phenoxy) is 2.